The number of quaternary nitrogens is 1. The monoisotopic (exact) mass is 286 g/mol. The Morgan fingerprint density at radius 1 is 1.33 bits per heavy atom. The fourth-order valence-electron chi connectivity index (χ4n) is 2.98. The molecule has 0 aliphatic heterocycles. The number of amides is 1. The third kappa shape index (κ3) is 4.30. The van der Waals surface area contributed by atoms with Crippen molar-refractivity contribution < 1.29 is 9.69 Å². The highest BCUT2D eigenvalue weighted by Crippen LogP contribution is 2.28. The third-order valence-corrected chi connectivity index (χ3v) is 4.26. The van der Waals surface area contributed by atoms with Crippen LogP contribution in [0.1, 0.15) is 38.2 Å². The Morgan fingerprint density at radius 3 is 2.57 bits per heavy atom. The summed E-state index contributed by atoms with van der Waals surface area (Å²) in [5, 5.41) is 12.3. The van der Waals surface area contributed by atoms with Crippen molar-refractivity contribution in [3.63, 3.8) is 0 Å². The smallest absolute Gasteiger partial charge is 0.276 e. The predicted molar refractivity (Wildman–Crippen MR) is 81.5 cm³/mol. The van der Waals surface area contributed by atoms with E-state index in [9.17, 15) is 10.1 Å². The van der Waals surface area contributed by atoms with Gasteiger partial charge in [0.1, 0.15) is 12.1 Å². The molecule has 0 aromatic heterocycles. The van der Waals surface area contributed by atoms with Gasteiger partial charge in [0.15, 0.2) is 6.54 Å². The fraction of sp³-hybridized carbons (Fsp3) is 0.529. The number of rotatable bonds is 6. The maximum Gasteiger partial charge on any atom is 0.276 e. The molecule has 0 radical (unpaired) electrons. The van der Waals surface area contributed by atoms with E-state index in [0.717, 1.165) is 38.8 Å². The topological polar surface area (TPSA) is 57.3 Å². The molecule has 1 atom stereocenters. The Balaban J connectivity index is 1.89. The minimum Gasteiger partial charge on any atom is -0.333 e. The molecule has 4 nitrogen and oxygen atoms in total. The van der Waals surface area contributed by atoms with Gasteiger partial charge < -0.3 is 10.2 Å². The van der Waals surface area contributed by atoms with Crippen molar-refractivity contribution in [2.45, 2.75) is 44.7 Å². The molecule has 0 spiro atoms. The van der Waals surface area contributed by atoms with Gasteiger partial charge in [-0.2, -0.15) is 5.26 Å². The lowest BCUT2D eigenvalue weighted by Gasteiger charge is -2.24. The number of carbonyl (C=O) groups excluding carboxylic acids is 1. The van der Waals surface area contributed by atoms with E-state index in [-0.39, 0.29) is 5.91 Å². The largest absolute Gasteiger partial charge is 0.333 e. The first-order valence-electron chi connectivity index (χ1n) is 7.77. The zero-order valence-corrected chi connectivity index (χ0v) is 12.7. The number of carbonyl (C=O) groups is 1. The number of nitriles is 1. The number of hydrogen-bond donors (Lipinski definition) is 2. The standard InChI is InChI=1S/C17H23N3O/c1-2-20(12-15-8-4-3-5-9-15)13-16(21)19-17(14-18)10-6-7-11-17/h3-5,8-9H,2,6-7,10-13H2,1H3,(H,19,21)/p+1. The average molecular weight is 286 g/mol. The molecule has 0 heterocycles. The summed E-state index contributed by atoms with van der Waals surface area (Å²) in [6.07, 6.45) is 3.63. The minimum atomic E-state index is -0.608. The van der Waals surface area contributed by atoms with E-state index in [1.165, 1.54) is 10.5 Å². The van der Waals surface area contributed by atoms with Crippen LogP contribution in [0.3, 0.4) is 0 Å². The molecule has 0 bridgehead atoms. The number of likely N-dealkylation sites (N-methyl/N-ethyl adjacent to an activating group) is 1. The first kappa shape index (κ1) is 15.5. The number of benzene rings is 1. The van der Waals surface area contributed by atoms with Crippen molar-refractivity contribution in [1.29, 1.82) is 5.26 Å². The predicted octanol–water partition coefficient (Wildman–Crippen LogP) is 1.04. The van der Waals surface area contributed by atoms with E-state index in [2.05, 4.69) is 30.4 Å². The Labute approximate surface area is 126 Å². The van der Waals surface area contributed by atoms with Crippen molar-refractivity contribution in [3.05, 3.63) is 35.9 Å². The first-order valence-corrected chi connectivity index (χ1v) is 7.77. The van der Waals surface area contributed by atoms with Crippen molar-refractivity contribution >= 4 is 5.91 Å². The third-order valence-electron chi connectivity index (χ3n) is 4.26. The molecule has 0 saturated heterocycles. The molecule has 2 N–H and O–H groups in total. The molecule has 1 aromatic carbocycles. The van der Waals surface area contributed by atoms with Crippen LogP contribution in [0.15, 0.2) is 30.3 Å². The molecule has 4 heteroatoms. The first-order chi connectivity index (χ1) is 10.2. The van der Waals surface area contributed by atoms with Crippen LogP contribution < -0.4 is 10.2 Å². The van der Waals surface area contributed by atoms with E-state index in [0.29, 0.717) is 6.54 Å². The maximum atomic E-state index is 12.2. The van der Waals surface area contributed by atoms with Crippen LogP contribution in [0.5, 0.6) is 0 Å². The lowest BCUT2D eigenvalue weighted by atomic mass is 10.00. The summed E-state index contributed by atoms with van der Waals surface area (Å²) in [4.78, 5) is 13.5. The maximum absolute atomic E-state index is 12.2. The zero-order valence-electron chi connectivity index (χ0n) is 12.7. The highest BCUT2D eigenvalue weighted by Gasteiger charge is 2.35. The Hall–Kier alpha value is -1.86. The van der Waals surface area contributed by atoms with Gasteiger partial charge >= 0.3 is 0 Å². The second-order valence-corrected chi connectivity index (χ2v) is 5.89. The summed E-state index contributed by atoms with van der Waals surface area (Å²) >= 11 is 0. The van der Waals surface area contributed by atoms with Crippen molar-refractivity contribution in [3.8, 4) is 6.07 Å². The SMILES string of the molecule is CC[NH+](CC(=O)NC1(C#N)CCCC1)Cc1ccccc1. The Morgan fingerprint density at radius 2 is 2.00 bits per heavy atom. The molecule has 1 aromatic rings. The molecule has 1 unspecified atom stereocenters. The molecular formula is C17H24N3O+. The zero-order chi connectivity index (χ0) is 15.1. The summed E-state index contributed by atoms with van der Waals surface area (Å²) in [6.45, 7) is 4.24. The number of nitrogens with zero attached hydrogens (tertiary/aromatic N) is 1. The van der Waals surface area contributed by atoms with Crippen molar-refractivity contribution in [2.75, 3.05) is 13.1 Å². The molecule has 1 aliphatic carbocycles. The van der Waals surface area contributed by atoms with Gasteiger partial charge in [0.2, 0.25) is 0 Å². The van der Waals surface area contributed by atoms with Gasteiger partial charge in [0.25, 0.3) is 5.91 Å². The molecule has 112 valence electrons. The van der Waals surface area contributed by atoms with Gasteiger partial charge in [-0.1, -0.05) is 30.3 Å². The number of hydrogen-bond acceptors (Lipinski definition) is 2. The lowest BCUT2D eigenvalue weighted by Crippen LogP contribution is -3.11. The molecule has 2 rings (SSSR count). The van der Waals surface area contributed by atoms with E-state index in [1.807, 2.05) is 18.2 Å². The molecule has 1 fully saturated rings. The molecule has 1 amide bonds. The van der Waals surface area contributed by atoms with Crippen LogP contribution in [0.4, 0.5) is 0 Å². The van der Waals surface area contributed by atoms with Gasteiger partial charge in [-0.15, -0.1) is 0 Å². The normalized spacial score (nSPS) is 17.9. The van der Waals surface area contributed by atoms with Gasteiger partial charge in [-0.25, -0.2) is 0 Å². The molecule has 1 aliphatic rings. The van der Waals surface area contributed by atoms with Crippen LogP contribution in [-0.2, 0) is 11.3 Å². The summed E-state index contributed by atoms with van der Waals surface area (Å²) in [5.41, 5.74) is 0.626. The quantitative estimate of drug-likeness (QED) is 0.821. The second-order valence-electron chi connectivity index (χ2n) is 5.89. The Kier molecular flexibility index (Phi) is 5.35. The van der Waals surface area contributed by atoms with E-state index >= 15 is 0 Å². The summed E-state index contributed by atoms with van der Waals surface area (Å²) in [7, 11) is 0. The second kappa shape index (κ2) is 7.24. The van der Waals surface area contributed by atoms with Crippen molar-refractivity contribution in [2.24, 2.45) is 0 Å². The van der Waals surface area contributed by atoms with Crippen LogP contribution in [0.2, 0.25) is 0 Å². The molecule has 1 saturated carbocycles. The van der Waals surface area contributed by atoms with Crippen molar-refractivity contribution in [1.82, 2.24) is 5.32 Å². The lowest BCUT2D eigenvalue weighted by molar-refractivity contribution is -0.904. The summed E-state index contributed by atoms with van der Waals surface area (Å²) in [6, 6.07) is 12.5. The van der Waals surface area contributed by atoms with Crippen LogP contribution in [0, 0.1) is 11.3 Å². The van der Waals surface area contributed by atoms with Gasteiger partial charge in [-0.3, -0.25) is 4.79 Å². The van der Waals surface area contributed by atoms with E-state index in [1.54, 1.807) is 0 Å². The van der Waals surface area contributed by atoms with E-state index in [4.69, 9.17) is 0 Å². The average Bonchev–Trinajstić information content (AvgIpc) is 2.96. The summed E-state index contributed by atoms with van der Waals surface area (Å²) < 4.78 is 0. The van der Waals surface area contributed by atoms with Gasteiger partial charge in [0, 0.05) is 5.56 Å². The van der Waals surface area contributed by atoms with Gasteiger partial charge in [0.05, 0.1) is 12.6 Å². The molecule has 21 heavy (non-hydrogen) atoms. The minimum absolute atomic E-state index is 0.00812. The fourth-order valence-corrected chi connectivity index (χ4v) is 2.98. The Bertz CT molecular complexity index is 501. The van der Waals surface area contributed by atoms with Gasteiger partial charge in [-0.05, 0) is 32.6 Å². The van der Waals surface area contributed by atoms with Crippen LogP contribution in [-0.4, -0.2) is 24.5 Å². The number of nitrogens with one attached hydrogen (secondary N) is 2. The van der Waals surface area contributed by atoms with E-state index < -0.39 is 5.54 Å². The van der Waals surface area contributed by atoms with Crippen LogP contribution in [0.25, 0.3) is 0 Å². The highest BCUT2D eigenvalue weighted by molar-refractivity contribution is 5.78. The van der Waals surface area contributed by atoms with Crippen LogP contribution >= 0.6 is 0 Å². The highest BCUT2D eigenvalue weighted by atomic mass is 16.2. The summed E-state index contributed by atoms with van der Waals surface area (Å²) in [5.74, 6) is -0.00812. The molecular weight excluding hydrogens is 262 g/mol.